The zero-order valence-corrected chi connectivity index (χ0v) is 16.6. The normalized spacial score (nSPS) is 21.7. The Bertz CT molecular complexity index is 882. The van der Waals surface area contributed by atoms with Crippen LogP contribution in [0.3, 0.4) is 0 Å². The fraction of sp³-hybridized carbons (Fsp3) is 0.429. The van der Waals surface area contributed by atoms with Crippen molar-refractivity contribution >= 4 is 34.2 Å². The van der Waals surface area contributed by atoms with Crippen LogP contribution in [0.1, 0.15) is 38.2 Å². The predicted octanol–water partition coefficient (Wildman–Crippen LogP) is 3.49. The highest BCUT2D eigenvalue weighted by atomic mass is 32.1. The number of nitrogens with one attached hydrogen (secondary N) is 1. The van der Waals surface area contributed by atoms with Gasteiger partial charge < -0.3 is 5.32 Å². The average Bonchev–Trinajstić information content (AvgIpc) is 3.27. The molecule has 1 aliphatic heterocycles. The lowest BCUT2D eigenvalue weighted by molar-refractivity contribution is -0.142. The summed E-state index contributed by atoms with van der Waals surface area (Å²) in [4.78, 5) is 43.0. The molecule has 1 aliphatic carbocycles. The molecule has 2 aliphatic rings. The van der Waals surface area contributed by atoms with E-state index in [9.17, 15) is 14.4 Å². The first-order valence-electron chi connectivity index (χ1n) is 9.76. The van der Waals surface area contributed by atoms with E-state index in [-0.39, 0.29) is 36.1 Å². The summed E-state index contributed by atoms with van der Waals surface area (Å²) in [5.41, 5.74) is 3.04. The largest absolute Gasteiger partial charge is 0.300 e. The number of amides is 3. The quantitative estimate of drug-likeness (QED) is 0.784. The van der Waals surface area contributed by atoms with Gasteiger partial charge in [0.15, 0.2) is 5.13 Å². The standard InChI is InChI=1S/C21H23N3O3S/c1-2-13-7-9-14(10-8-13)17-12-28-21(22-17)23-18(25)11-24-19(26)15-5-3-4-6-16(15)20(24)27/h7-10,12,15-16H,2-6,11H2,1H3,(H,22,23,25). The Labute approximate surface area is 168 Å². The lowest BCUT2D eigenvalue weighted by Crippen LogP contribution is -2.38. The molecule has 2 atom stereocenters. The molecule has 3 amide bonds. The van der Waals surface area contributed by atoms with Crippen molar-refractivity contribution in [3.63, 3.8) is 0 Å². The minimum atomic E-state index is -0.387. The number of hydrogen-bond acceptors (Lipinski definition) is 5. The number of likely N-dealkylation sites (tertiary alicyclic amines) is 1. The second kappa shape index (κ2) is 7.83. The Morgan fingerprint density at radius 2 is 1.79 bits per heavy atom. The minimum absolute atomic E-state index is 0.194. The Morgan fingerprint density at radius 3 is 2.39 bits per heavy atom. The van der Waals surface area contributed by atoms with Crippen LogP contribution in [0.15, 0.2) is 29.6 Å². The first-order valence-corrected chi connectivity index (χ1v) is 10.6. The maximum absolute atomic E-state index is 12.5. The van der Waals surface area contributed by atoms with E-state index in [2.05, 4.69) is 29.4 Å². The van der Waals surface area contributed by atoms with Gasteiger partial charge in [-0.1, -0.05) is 44.0 Å². The molecule has 6 nitrogen and oxygen atoms in total. The summed E-state index contributed by atoms with van der Waals surface area (Å²) in [6.45, 7) is 1.88. The molecule has 0 bridgehead atoms. The topological polar surface area (TPSA) is 79.4 Å². The number of imide groups is 1. The Kier molecular flexibility index (Phi) is 5.26. The number of rotatable bonds is 5. The maximum Gasteiger partial charge on any atom is 0.246 e. The van der Waals surface area contributed by atoms with Crippen LogP contribution in [0.25, 0.3) is 11.3 Å². The van der Waals surface area contributed by atoms with Crippen LogP contribution in [0.5, 0.6) is 0 Å². The average molecular weight is 398 g/mol. The Morgan fingerprint density at radius 1 is 1.14 bits per heavy atom. The van der Waals surface area contributed by atoms with Gasteiger partial charge in [0.1, 0.15) is 6.54 Å². The predicted molar refractivity (Wildman–Crippen MR) is 108 cm³/mol. The van der Waals surface area contributed by atoms with Crippen LogP contribution in [0.2, 0.25) is 0 Å². The Hall–Kier alpha value is -2.54. The van der Waals surface area contributed by atoms with E-state index in [0.29, 0.717) is 5.13 Å². The van der Waals surface area contributed by atoms with Crippen LogP contribution < -0.4 is 5.32 Å². The van der Waals surface area contributed by atoms with Crippen LogP contribution in [0.4, 0.5) is 5.13 Å². The van der Waals surface area contributed by atoms with Crippen LogP contribution in [-0.2, 0) is 20.8 Å². The fourth-order valence-corrected chi connectivity index (χ4v) is 4.80. The molecule has 2 fully saturated rings. The van der Waals surface area contributed by atoms with Crippen molar-refractivity contribution in [2.45, 2.75) is 39.0 Å². The summed E-state index contributed by atoms with van der Waals surface area (Å²) in [7, 11) is 0. The van der Waals surface area contributed by atoms with Crippen molar-refractivity contribution in [3.8, 4) is 11.3 Å². The molecule has 7 heteroatoms. The molecule has 0 spiro atoms. The van der Waals surface area contributed by atoms with Gasteiger partial charge in [0, 0.05) is 10.9 Å². The number of carbonyl (C=O) groups excluding carboxylic acids is 3. The monoisotopic (exact) mass is 397 g/mol. The third-order valence-corrected chi connectivity index (χ3v) is 6.40. The second-order valence-electron chi connectivity index (χ2n) is 7.40. The summed E-state index contributed by atoms with van der Waals surface area (Å²) >= 11 is 1.33. The molecule has 28 heavy (non-hydrogen) atoms. The number of aryl methyl sites for hydroxylation is 1. The van der Waals surface area contributed by atoms with Gasteiger partial charge >= 0.3 is 0 Å². The lowest BCUT2D eigenvalue weighted by atomic mass is 9.81. The molecule has 2 aromatic rings. The number of thiazole rings is 1. The van der Waals surface area contributed by atoms with Gasteiger partial charge in [0.25, 0.3) is 0 Å². The van der Waals surface area contributed by atoms with Gasteiger partial charge in [-0.15, -0.1) is 11.3 Å². The van der Waals surface area contributed by atoms with Crippen LogP contribution in [-0.4, -0.2) is 34.2 Å². The highest BCUT2D eigenvalue weighted by molar-refractivity contribution is 7.14. The van der Waals surface area contributed by atoms with E-state index in [0.717, 1.165) is 48.3 Å². The molecule has 2 heterocycles. The second-order valence-corrected chi connectivity index (χ2v) is 8.25. The molecule has 1 saturated heterocycles. The van der Waals surface area contributed by atoms with Gasteiger partial charge in [-0.2, -0.15) is 0 Å². The zero-order valence-electron chi connectivity index (χ0n) is 15.8. The summed E-state index contributed by atoms with van der Waals surface area (Å²) in [5, 5.41) is 5.08. The van der Waals surface area contributed by atoms with E-state index in [1.807, 2.05) is 17.5 Å². The molecular formula is C21H23N3O3S. The number of carbonyl (C=O) groups is 3. The molecule has 1 N–H and O–H groups in total. The van der Waals surface area contributed by atoms with Gasteiger partial charge in [-0.05, 0) is 24.8 Å². The molecule has 1 aromatic heterocycles. The number of benzene rings is 1. The van der Waals surface area contributed by atoms with Crippen molar-refractivity contribution in [1.82, 2.24) is 9.88 Å². The molecule has 1 saturated carbocycles. The van der Waals surface area contributed by atoms with Crippen molar-refractivity contribution in [2.24, 2.45) is 11.8 Å². The van der Waals surface area contributed by atoms with E-state index in [1.54, 1.807) is 0 Å². The Balaban J connectivity index is 1.39. The summed E-state index contributed by atoms with van der Waals surface area (Å²) in [5.74, 6) is -1.23. The number of fused-ring (bicyclic) bond motifs is 1. The van der Waals surface area contributed by atoms with Gasteiger partial charge in [0.05, 0.1) is 17.5 Å². The molecule has 4 rings (SSSR count). The molecule has 1 aromatic carbocycles. The number of nitrogens with zero attached hydrogens (tertiary/aromatic N) is 2. The van der Waals surface area contributed by atoms with Crippen LogP contribution >= 0.6 is 11.3 Å². The number of aromatic nitrogens is 1. The smallest absolute Gasteiger partial charge is 0.246 e. The maximum atomic E-state index is 12.5. The molecular weight excluding hydrogens is 374 g/mol. The van der Waals surface area contributed by atoms with E-state index in [1.165, 1.54) is 16.9 Å². The first-order chi connectivity index (χ1) is 13.6. The summed E-state index contributed by atoms with van der Waals surface area (Å²) < 4.78 is 0. The van der Waals surface area contributed by atoms with Gasteiger partial charge in [-0.3, -0.25) is 19.3 Å². The number of hydrogen-bond donors (Lipinski definition) is 1. The van der Waals surface area contributed by atoms with E-state index < -0.39 is 0 Å². The van der Waals surface area contributed by atoms with Crippen molar-refractivity contribution in [2.75, 3.05) is 11.9 Å². The molecule has 0 radical (unpaired) electrons. The summed E-state index contributed by atoms with van der Waals surface area (Å²) in [6, 6.07) is 8.17. The highest BCUT2D eigenvalue weighted by Crippen LogP contribution is 2.37. The lowest BCUT2D eigenvalue weighted by Gasteiger charge is -2.19. The summed E-state index contributed by atoms with van der Waals surface area (Å²) in [6.07, 6.45) is 4.43. The number of anilines is 1. The van der Waals surface area contributed by atoms with Crippen LogP contribution in [0, 0.1) is 11.8 Å². The van der Waals surface area contributed by atoms with Crippen molar-refractivity contribution in [1.29, 1.82) is 0 Å². The fourth-order valence-electron chi connectivity index (χ4n) is 4.06. The first kappa shape index (κ1) is 18.8. The minimum Gasteiger partial charge on any atom is -0.300 e. The van der Waals surface area contributed by atoms with Crippen molar-refractivity contribution in [3.05, 3.63) is 35.2 Å². The highest BCUT2D eigenvalue weighted by Gasteiger charge is 2.48. The third-order valence-electron chi connectivity index (χ3n) is 5.64. The van der Waals surface area contributed by atoms with E-state index >= 15 is 0 Å². The third kappa shape index (κ3) is 3.58. The molecule has 146 valence electrons. The zero-order chi connectivity index (χ0) is 19.7. The van der Waals surface area contributed by atoms with Crippen molar-refractivity contribution < 1.29 is 14.4 Å². The van der Waals surface area contributed by atoms with Gasteiger partial charge in [0.2, 0.25) is 17.7 Å². The van der Waals surface area contributed by atoms with E-state index in [4.69, 9.17) is 0 Å². The molecule has 2 unspecified atom stereocenters. The SMILES string of the molecule is CCc1ccc(-c2csc(NC(=O)CN3C(=O)C4CCCCC4C3=O)n2)cc1. The van der Waals surface area contributed by atoms with Gasteiger partial charge in [-0.25, -0.2) is 4.98 Å².